The van der Waals surface area contributed by atoms with Gasteiger partial charge >= 0.3 is 0 Å². The van der Waals surface area contributed by atoms with Gasteiger partial charge < -0.3 is 15.0 Å². The van der Waals surface area contributed by atoms with Crippen LogP contribution in [0.5, 0.6) is 5.75 Å². The fourth-order valence-electron chi connectivity index (χ4n) is 4.02. The number of nitrogens with zero attached hydrogens (tertiary/aromatic N) is 2. The molecule has 3 aromatic carbocycles. The number of halogens is 1. The number of ether oxygens (including phenoxy) is 1. The van der Waals surface area contributed by atoms with E-state index in [1.807, 2.05) is 31.2 Å². The number of hydrogen-bond acceptors (Lipinski definition) is 5. The van der Waals surface area contributed by atoms with Crippen molar-refractivity contribution in [2.45, 2.75) is 44.2 Å². The standard InChI is InChI=1S/C29H34BrN3O5S/c1-4-5-18-31-29(35)22(2)32(20-23-12-11-13-24(30)19-23)28(34)21-33(26-16-9-10-17-27(26)38-3)39(36,37)25-14-7-6-8-15-25/h6-17,19,22H,4-5,18,20-21H2,1-3H3,(H,31,35). The van der Waals surface area contributed by atoms with E-state index in [4.69, 9.17) is 4.74 Å². The number of carbonyl (C=O) groups is 2. The van der Waals surface area contributed by atoms with E-state index in [0.29, 0.717) is 12.3 Å². The fraction of sp³-hybridized carbons (Fsp3) is 0.310. The minimum absolute atomic E-state index is 0.0348. The highest BCUT2D eigenvalue weighted by Crippen LogP contribution is 2.32. The quantitative estimate of drug-likeness (QED) is 0.273. The third kappa shape index (κ3) is 7.83. The second kappa shape index (κ2) is 14.1. The summed E-state index contributed by atoms with van der Waals surface area (Å²) in [6, 6.07) is 21.1. The van der Waals surface area contributed by atoms with Crippen LogP contribution in [0.4, 0.5) is 5.69 Å². The Morgan fingerprint density at radius 3 is 2.36 bits per heavy atom. The maximum Gasteiger partial charge on any atom is 0.264 e. The minimum atomic E-state index is -4.16. The van der Waals surface area contributed by atoms with Gasteiger partial charge in [0.1, 0.15) is 18.3 Å². The number of para-hydroxylation sites is 2. The van der Waals surface area contributed by atoms with Crippen LogP contribution in [-0.4, -0.2) is 51.4 Å². The number of rotatable bonds is 13. The molecular formula is C29H34BrN3O5S. The number of carbonyl (C=O) groups excluding carboxylic acids is 2. The molecule has 0 bridgehead atoms. The second-order valence-corrected chi connectivity index (χ2v) is 11.7. The number of amides is 2. The number of hydrogen-bond donors (Lipinski definition) is 1. The average molecular weight is 617 g/mol. The average Bonchev–Trinajstić information content (AvgIpc) is 2.94. The molecule has 1 N–H and O–H groups in total. The molecule has 0 aromatic heterocycles. The first-order valence-corrected chi connectivity index (χ1v) is 14.9. The Hall–Kier alpha value is -3.37. The van der Waals surface area contributed by atoms with Gasteiger partial charge in [0.15, 0.2) is 0 Å². The lowest BCUT2D eigenvalue weighted by Crippen LogP contribution is -2.51. The Labute approximate surface area is 239 Å². The van der Waals surface area contributed by atoms with E-state index in [2.05, 4.69) is 21.2 Å². The van der Waals surface area contributed by atoms with Crippen molar-refractivity contribution in [3.05, 3.63) is 88.9 Å². The molecule has 10 heteroatoms. The summed E-state index contributed by atoms with van der Waals surface area (Å²) in [5, 5.41) is 2.88. The van der Waals surface area contributed by atoms with Crippen molar-refractivity contribution in [1.82, 2.24) is 10.2 Å². The van der Waals surface area contributed by atoms with E-state index < -0.39 is 28.5 Å². The van der Waals surface area contributed by atoms with Crippen LogP contribution in [-0.2, 0) is 26.2 Å². The van der Waals surface area contributed by atoms with Gasteiger partial charge in [-0.25, -0.2) is 8.42 Å². The molecule has 39 heavy (non-hydrogen) atoms. The van der Waals surface area contributed by atoms with Crippen LogP contribution in [0.15, 0.2) is 88.2 Å². The minimum Gasteiger partial charge on any atom is -0.495 e. The molecule has 0 saturated heterocycles. The summed E-state index contributed by atoms with van der Waals surface area (Å²) in [5.74, 6) is -0.534. The summed E-state index contributed by atoms with van der Waals surface area (Å²) in [6.45, 7) is 3.76. The Morgan fingerprint density at radius 1 is 1.00 bits per heavy atom. The highest BCUT2D eigenvalue weighted by Gasteiger charge is 2.33. The molecule has 3 rings (SSSR count). The first-order valence-electron chi connectivity index (χ1n) is 12.7. The van der Waals surface area contributed by atoms with Gasteiger partial charge in [-0.15, -0.1) is 0 Å². The molecular weight excluding hydrogens is 582 g/mol. The van der Waals surface area contributed by atoms with Gasteiger partial charge in [0, 0.05) is 17.6 Å². The molecule has 2 amide bonds. The highest BCUT2D eigenvalue weighted by atomic mass is 79.9. The molecule has 0 saturated carbocycles. The molecule has 0 aliphatic heterocycles. The number of nitrogens with one attached hydrogen (secondary N) is 1. The van der Waals surface area contributed by atoms with Gasteiger partial charge in [0.05, 0.1) is 17.7 Å². The lowest BCUT2D eigenvalue weighted by Gasteiger charge is -2.32. The number of unbranched alkanes of at least 4 members (excludes halogenated alkanes) is 1. The lowest BCUT2D eigenvalue weighted by molar-refractivity contribution is -0.139. The predicted octanol–water partition coefficient (Wildman–Crippen LogP) is 4.99. The summed E-state index contributed by atoms with van der Waals surface area (Å²) < 4.78 is 35.0. The zero-order valence-electron chi connectivity index (χ0n) is 22.3. The Bertz CT molecular complexity index is 1370. The van der Waals surface area contributed by atoms with Crippen LogP contribution in [0, 0.1) is 0 Å². The smallest absolute Gasteiger partial charge is 0.264 e. The largest absolute Gasteiger partial charge is 0.495 e. The van der Waals surface area contributed by atoms with E-state index in [1.165, 1.54) is 24.1 Å². The summed E-state index contributed by atoms with van der Waals surface area (Å²) >= 11 is 3.45. The molecule has 8 nitrogen and oxygen atoms in total. The van der Waals surface area contributed by atoms with E-state index in [9.17, 15) is 18.0 Å². The molecule has 0 heterocycles. The molecule has 0 spiro atoms. The number of benzene rings is 3. The van der Waals surface area contributed by atoms with Crippen molar-refractivity contribution < 1.29 is 22.7 Å². The van der Waals surface area contributed by atoms with Crippen molar-refractivity contribution in [3.63, 3.8) is 0 Å². The number of anilines is 1. The zero-order valence-corrected chi connectivity index (χ0v) is 24.7. The van der Waals surface area contributed by atoms with Crippen LogP contribution in [0.3, 0.4) is 0 Å². The van der Waals surface area contributed by atoms with Crippen LogP contribution < -0.4 is 14.4 Å². The summed E-state index contributed by atoms with van der Waals surface area (Å²) in [4.78, 5) is 28.4. The normalized spacial score (nSPS) is 11.9. The lowest BCUT2D eigenvalue weighted by atomic mass is 10.1. The third-order valence-corrected chi connectivity index (χ3v) is 8.47. The van der Waals surface area contributed by atoms with Crippen molar-refractivity contribution >= 4 is 43.5 Å². The van der Waals surface area contributed by atoms with Crippen LogP contribution in [0.1, 0.15) is 32.3 Å². The van der Waals surface area contributed by atoms with Gasteiger partial charge in [-0.2, -0.15) is 0 Å². The highest BCUT2D eigenvalue weighted by molar-refractivity contribution is 9.10. The van der Waals surface area contributed by atoms with Gasteiger partial charge in [-0.1, -0.05) is 71.7 Å². The molecule has 0 fully saturated rings. The SMILES string of the molecule is CCCCNC(=O)C(C)N(Cc1cccc(Br)c1)C(=O)CN(c1ccccc1OC)S(=O)(=O)c1ccccc1. The third-order valence-electron chi connectivity index (χ3n) is 6.20. The fourth-order valence-corrected chi connectivity index (χ4v) is 5.91. The monoisotopic (exact) mass is 615 g/mol. The van der Waals surface area contributed by atoms with Crippen LogP contribution in [0.25, 0.3) is 0 Å². The molecule has 1 unspecified atom stereocenters. The van der Waals surface area contributed by atoms with E-state index in [-0.39, 0.29) is 23.0 Å². The number of sulfonamides is 1. The Morgan fingerprint density at radius 2 is 1.69 bits per heavy atom. The van der Waals surface area contributed by atoms with E-state index in [1.54, 1.807) is 49.4 Å². The van der Waals surface area contributed by atoms with Crippen LogP contribution in [0.2, 0.25) is 0 Å². The van der Waals surface area contributed by atoms with Gasteiger partial charge in [0.25, 0.3) is 10.0 Å². The van der Waals surface area contributed by atoms with Crippen molar-refractivity contribution in [1.29, 1.82) is 0 Å². The summed E-state index contributed by atoms with van der Waals surface area (Å²) in [5.41, 5.74) is 1.01. The maximum atomic E-state index is 14.0. The molecule has 0 aliphatic carbocycles. The Kier molecular flexibility index (Phi) is 10.9. The van der Waals surface area contributed by atoms with E-state index in [0.717, 1.165) is 27.2 Å². The molecule has 208 valence electrons. The summed E-state index contributed by atoms with van der Waals surface area (Å²) in [6.07, 6.45) is 1.73. The van der Waals surface area contributed by atoms with Crippen molar-refractivity contribution in [2.24, 2.45) is 0 Å². The first kappa shape index (κ1) is 30.2. The first-order chi connectivity index (χ1) is 18.7. The predicted molar refractivity (Wildman–Crippen MR) is 156 cm³/mol. The second-order valence-electron chi connectivity index (χ2n) is 8.97. The number of methoxy groups -OCH3 is 1. The topological polar surface area (TPSA) is 96.0 Å². The van der Waals surface area contributed by atoms with Gasteiger partial charge in [-0.3, -0.25) is 13.9 Å². The van der Waals surface area contributed by atoms with Crippen molar-refractivity contribution in [2.75, 3.05) is 24.5 Å². The maximum absolute atomic E-state index is 14.0. The zero-order chi connectivity index (χ0) is 28.4. The molecule has 1 atom stereocenters. The van der Waals surface area contributed by atoms with Gasteiger partial charge in [0.2, 0.25) is 11.8 Å². The summed E-state index contributed by atoms with van der Waals surface area (Å²) in [7, 11) is -2.72. The Balaban J connectivity index is 2.02. The van der Waals surface area contributed by atoms with Crippen LogP contribution >= 0.6 is 15.9 Å². The molecule has 3 aromatic rings. The van der Waals surface area contributed by atoms with E-state index >= 15 is 0 Å². The van der Waals surface area contributed by atoms with Crippen molar-refractivity contribution in [3.8, 4) is 5.75 Å². The molecule has 0 radical (unpaired) electrons. The molecule has 0 aliphatic rings. The van der Waals surface area contributed by atoms with Gasteiger partial charge in [-0.05, 0) is 55.3 Å².